The van der Waals surface area contributed by atoms with Crippen molar-refractivity contribution < 1.29 is 0 Å². The van der Waals surface area contributed by atoms with Gasteiger partial charge in [-0.3, -0.25) is 4.68 Å². The van der Waals surface area contributed by atoms with Gasteiger partial charge in [-0.25, -0.2) is 0 Å². The van der Waals surface area contributed by atoms with Crippen molar-refractivity contribution in [3.63, 3.8) is 0 Å². The normalized spacial score (nSPS) is 18.4. The Morgan fingerprint density at radius 1 is 1.06 bits per heavy atom. The van der Waals surface area contributed by atoms with Crippen molar-refractivity contribution in [3.8, 4) is 0 Å². The molecule has 17 heavy (non-hydrogen) atoms. The molecule has 0 spiro atoms. The van der Waals surface area contributed by atoms with Gasteiger partial charge in [0.1, 0.15) is 0 Å². The number of aromatic nitrogens is 2. The van der Waals surface area contributed by atoms with Crippen molar-refractivity contribution in [3.05, 3.63) is 24.3 Å². The van der Waals surface area contributed by atoms with Gasteiger partial charge in [-0.05, 0) is 25.0 Å². The molecule has 1 aliphatic carbocycles. The third-order valence-corrected chi connectivity index (χ3v) is 3.81. The number of nitrogens with zero attached hydrogens (tertiary/aromatic N) is 2. The molecule has 1 fully saturated rings. The summed E-state index contributed by atoms with van der Waals surface area (Å²) in [5, 5.41) is 5.64. The molecular weight excluding hydrogens is 210 g/mol. The van der Waals surface area contributed by atoms with Crippen molar-refractivity contribution in [2.24, 2.45) is 0 Å². The quantitative estimate of drug-likeness (QED) is 0.760. The van der Waals surface area contributed by atoms with Crippen LogP contribution in [0.25, 0.3) is 10.9 Å². The number of para-hydroxylation sites is 1. The first-order chi connectivity index (χ1) is 8.36. The summed E-state index contributed by atoms with van der Waals surface area (Å²) in [6, 6.07) is 8.82. The number of hydrogen-bond donors (Lipinski definition) is 1. The number of hydrogen-bond acceptors (Lipinski definition) is 2. The second-order valence-corrected chi connectivity index (χ2v) is 4.99. The van der Waals surface area contributed by atoms with E-state index in [0.29, 0.717) is 11.9 Å². The van der Waals surface area contributed by atoms with E-state index in [-0.39, 0.29) is 0 Å². The van der Waals surface area contributed by atoms with Gasteiger partial charge in [-0.1, -0.05) is 37.8 Å². The van der Waals surface area contributed by atoms with Gasteiger partial charge in [-0.15, -0.1) is 0 Å². The third kappa shape index (κ3) is 1.90. The molecule has 0 atom stereocenters. The first kappa shape index (κ1) is 10.6. The number of anilines is 1. The maximum Gasteiger partial charge on any atom is 0.153 e. The van der Waals surface area contributed by atoms with Crippen LogP contribution in [0.4, 0.5) is 5.82 Å². The highest BCUT2D eigenvalue weighted by molar-refractivity contribution is 5.89. The largest absolute Gasteiger partial charge is 0.382 e. The highest BCUT2D eigenvalue weighted by atomic mass is 15.3. The summed E-state index contributed by atoms with van der Waals surface area (Å²) in [4.78, 5) is 0. The molecule has 3 rings (SSSR count). The summed E-state index contributed by atoms with van der Waals surface area (Å²) in [7, 11) is 0. The molecule has 1 aromatic heterocycles. The lowest BCUT2D eigenvalue weighted by Gasteiger charge is -2.15. The lowest BCUT2D eigenvalue weighted by atomic mass is 10.1. The predicted molar refractivity (Wildman–Crippen MR) is 70.9 cm³/mol. The fourth-order valence-electron chi connectivity index (χ4n) is 2.89. The van der Waals surface area contributed by atoms with Crippen LogP contribution in [0.1, 0.15) is 44.6 Å². The average Bonchev–Trinajstić information content (AvgIpc) is 2.57. The van der Waals surface area contributed by atoms with Crippen LogP contribution in [-0.2, 0) is 0 Å². The van der Waals surface area contributed by atoms with Crippen LogP contribution >= 0.6 is 0 Å². The van der Waals surface area contributed by atoms with Crippen LogP contribution in [0.15, 0.2) is 24.3 Å². The van der Waals surface area contributed by atoms with Gasteiger partial charge in [0.05, 0.1) is 11.6 Å². The van der Waals surface area contributed by atoms with Gasteiger partial charge in [0.2, 0.25) is 0 Å². The van der Waals surface area contributed by atoms with E-state index in [1.807, 2.05) is 6.07 Å². The highest BCUT2D eigenvalue weighted by Crippen LogP contribution is 2.31. The maximum absolute atomic E-state index is 5.99. The standard InChI is InChI=1S/C14H19N3/c15-14-12-9-5-6-10-13(12)17(16-14)11-7-3-1-2-4-8-11/h5-6,9-11H,1-4,7-8H2,(H2,15,16). The second kappa shape index (κ2) is 4.40. The summed E-state index contributed by atoms with van der Waals surface area (Å²) < 4.78 is 2.16. The van der Waals surface area contributed by atoms with Crippen LogP contribution in [0.5, 0.6) is 0 Å². The number of nitrogens with two attached hydrogens (primary N) is 1. The van der Waals surface area contributed by atoms with Gasteiger partial charge in [0.25, 0.3) is 0 Å². The van der Waals surface area contributed by atoms with Crippen molar-refractivity contribution >= 4 is 16.7 Å². The van der Waals surface area contributed by atoms with Gasteiger partial charge in [0.15, 0.2) is 5.82 Å². The first-order valence-electron chi connectivity index (χ1n) is 6.59. The molecule has 0 bridgehead atoms. The topological polar surface area (TPSA) is 43.8 Å². The molecule has 1 saturated carbocycles. The Kier molecular flexibility index (Phi) is 2.75. The fourth-order valence-corrected chi connectivity index (χ4v) is 2.89. The zero-order valence-electron chi connectivity index (χ0n) is 10.1. The Bertz CT molecular complexity index is 507. The van der Waals surface area contributed by atoms with Crippen LogP contribution in [-0.4, -0.2) is 9.78 Å². The zero-order chi connectivity index (χ0) is 11.7. The molecule has 3 heteroatoms. The third-order valence-electron chi connectivity index (χ3n) is 3.81. The summed E-state index contributed by atoms with van der Waals surface area (Å²) in [6.45, 7) is 0. The fraction of sp³-hybridized carbons (Fsp3) is 0.500. The van der Waals surface area contributed by atoms with Crippen LogP contribution < -0.4 is 5.73 Å². The molecule has 1 aliphatic rings. The molecule has 1 heterocycles. The Morgan fingerprint density at radius 2 is 1.76 bits per heavy atom. The smallest absolute Gasteiger partial charge is 0.153 e. The van der Waals surface area contributed by atoms with Crippen LogP contribution in [0.2, 0.25) is 0 Å². The molecule has 2 aromatic rings. The molecule has 0 aliphatic heterocycles. The molecule has 0 radical (unpaired) electrons. The lowest BCUT2D eigenvalue weighted by Crippen LogP contribution is -2.09. The first-order valence-corrected chi connectivity index (χ1v) is 6.59. The molecule has 3 nitrogen and oxygen atoms in total. The molecule has 1 aromatic carbocycles. The van der Waals surface area contributed by atoms with E-state index in [1.54, 1.807) is 0 Å². The molecule has 0 saturated heterocycles. The van der Waals surface area contributed by atoms with Crippen molar-refractivity contribution in [2.75, 3.05) is 5.73 Å². The number of fused-ring (bicyclic) bond motifs is 1. The number of nitrogen functional groups attached to an aromatic ring is 1. The van der Waals surface area contributed by atoms with E-state index >= 15 is 0 Å². The maximum atomic E-state index is 5.99. The van der Waals surface area contributed by atoms with Crippen LogP contribution in [0.3, 0.4) is 0 Å². The number of benzene rings is 1. The second-order valence-electron chi connectivity index (χ2n) is 4.99. The Hall–Kier alpha value is -1.51. The Labute approximate surface area is 102 Å². The Morgan fingerprint density at radius 3 is 2.53 bits per heavy atom. The van der Waals surface area contributed by atoms with Gasteiger partial charge >= 0.3 is 0 Å². The van der Waals surface area contributed by atoms with E-state index < -0.39 is 0 Å². The van der Waals surface area contributed by atoms with Gasteiger partial charge < -0.3 is 5.73 Å². The number of rotatable bonds is 1. The summed E-state index contributed by atoms with van der Waals surface area (Å²) in [6.07, 6.45) is 7.85. The SMILES string of the molecule is Nc1nn(C2CCCCCC2)c2ccccc12. The van der Waals surface area contributed by atoms with E-state index in [1.165, 1.54) is 44.0 Å². The summed E-state index contributed by atoms with van der Waals surface area (Å²) in [5.74, 6) is 0.671. The highest BCUT2D eigenvalue weighted by Gasteiger charge is 2.18. The van der Waals surface area contributed by atoms with E-state index in [2.05, 4.69) is 28.0 Å². The van der Waals surface area contributed by atoms with Crippen molar-refractivity contribution in [1.82, 2.24) is 9.78 Å². The van der Waals surface area contributed by atoms with Crippen molar-refractivity contribution in [1.29, 1.82) is 0 Å². The minimum absolute atomic E-state index is 0.541. The molecule has 2 N–H and O–H groups in total. The minimum Gasteiger partial charge on any atom is -0.382 e. The zero-order valence-corrected chi connectivity index (χ0v) is 10.1. The monoisotopic (exact) mass is 229 g/mol. The lowest BCUT2D eigenvalue weighted by molar-refractivity contribution is 0.418. The van der Waals surface area contributed by atoms with Gasteiger partial charge in [0, 0.05) is 5.39 Å². The van der Waals surface area contributed by atoms with E-state index in [0.717, 1.165) is 5.39 Å². The molecule has 0 amide bonds. The Balaban J connectivity index is 2.04. The van der Waals surface area contributed by atoms with Crippen molar-refractivity contribution in [2.45, 2.75) is 44.6 Å². The predicted octanol–water partition coefficient (Wildman–Crippen LogP) is 3.51. The van der Waals surface area contributed by atoms with E-state index in [9.17, 15) is 0 Å². The van der Waals surface area contributed by atoms with Crippen LogP contribution in [0, 0.1) is 0 Å². The summed E-state index contributed by atoms with van der Waals surface area (Å²) >= 11 is 0. The molecule has 90 valence electrons. The molecular formula is C14H19N3. The molecule has 0 unspecified atom stereocenters. The minimum atomic E-state index is 0.541. The average molecular weight is 229 g/mol. The van der Waals surface area contributed by atoms with Gasteiger partial charge in [-0.2, -0.15) is 5.10 Å². The van der Waals surface area contributed by atoms with E-state index in [4.69, 9.17) is 5.73 Å². The summed E-state index contributed by atoms with van der Waals surface area (Å²) in [5.41, 5.74) is 7.18.